The Labute approximate surface area is 181 Å². The van der Waals surface area contributed by atoms with Gasteiger partial charge in [0.15, 0.2) is 0 Å². The van der Waals surface area contributed by atoms with E-state index in [9.17, 15) is 9.59 Å². The van der Waals surface area contributed by atoms with Crippen molar-refractivity contribution < 1.29 is 9.59 Å². The average molecular weight is 409 g/mol. The average Bonchev–Trinajstić information content (AvgIpc) is 2.78. The van der Waals surface area contributed by atoms with E-state index in [1.807, 2.05) is 72.5 Å². The number of rotatable bonds is 12. The molecule has 2 amide bonds. The van der Waals surface area contributed by atoms with Gasteiger partial charge in [-0.3, -0.25) is 9.59 Å². The van der Waals surface area contributed by atoms with Crippen molar-refractivity contribution in [3.63, 3.8) is 0 Å². The van der Waals surface area contributed by atoms with Crippen LogP contribution in [0.1, 0.15) is 70.0 Å². The van der Waals surface area contributed by atoms with Gasteiger partial charge in [-0.25, -0.2) is 0 Å². The van der Waals surface area contributed by atoms with E-state index >= 15 is 0 Å². The smallest absolute Gasteiger partial charge is 0.225 e. The number of carbonyl (C=O) groups is 2. The van der Waals surface area contributed by atoms with E-state index in [4.69, 9.17) is 0 Å². The summed E-state index contributed by atoms with van der Waals surface area (Å²) in [5, 5.41) is 3.05. The second-order valence-electron chi connectivity index (χ2n) is 7.94. The Morgan fingerprint density at radius 3 is 2.20 bits per heavy atom. The van der Waals surface area contributed by atoms with Crippen molar-refractivity contribution in [1.29, 1.82) is 0 Å². The van der Waals surface area contributed by atoms with Crippen LogP contribution in [0.15, 0.2) is 60.7 Å². The highest BCUT2D eigenvalue weighted by molar-refractivity contribution is 5.80. The Morgan fingerprint density at radius 2 is 1.60 bits per heavy atom. The number of hydrogen-bond donors (Lipinski definition) is 1. The summed E-state index contributed by atoms with van der Waals surface area (Å²) in [4.78, 5) is 27.7. The van der Waals surface area contributed by atoms with Gasteiger partial charge in [-0.05, 0) is 30.9 Å². The van der Waals surface area contributed by atoms with Crippen LogP contribution in [-0.2, 0) is 16.1 Å². The van der Waals surface area contributed by atoms with Crippen LogP contribution in [0, 0.1) is 5.92 Å². The maximum absolute atomic E-state index is 13.2. The molecule has 0 fully saturated rings. The van der Waals surface area contributed by atoms with Gasteiger partial charge in [0, 0.05) is 25.4 Å². The second-order valence-corrected chi connectivity index (χ2v) is 7.94. The first-order valence-corrected chi connectivity index (χ1v) is 11.2. The molecule has 2 aromatic carbocycles. The van der Waals surface area contributed by atoms with E-state index in [1.165, 1.54) is 0 Å². The van der Waals surface area contributed by atoms with Gasteiger partial charge < -0.3 is 10.2 Å². The third-order valence-corrected chi connectivity index (χ3v) is 5.56. The Bertz CT molecular complexity index is 761. The molecule has 2 atom stereocenters. The molecule has 0 saturated carbocycles. The zero-order valence-electron chi connectivity index (χ0n) is 18.6. The lowest BCUT2D eigenvalue weighted by Gasteiger charge is -2.27. The molecule has 0 bridgehead atoms. The maximum atomic E-state index is 13.2. The molecule has 2 aromatic rings. The van der Waals surface area contributed by atoms with Crippen molar-refractivity contribution >= 4 is 11.8 Å². The number of hydrogen-bond acceptors (Lipinski definition) is 2. The first kappa shape index (κ1) is 23.7. The number of amides is 2. The number of carbonyl (C=O) groups excluding carboxylic acids is 2. The minimum absolute atomic E-state index is 0.0277. The largest absolute Gasteiger partial charge is 0.350 e. The van der Waals surface area contributed by atoms with Crippen LogP contribution < -0.4 is 5.32 Å². The fourth-order valence-corrected chi connectivity index (χ4v) is 3.66. The van der Waals surface area contributed by atoms with Gasteiger partial charge in [-0.2, -0.15) is 0 Å². The highest BCUT2D eigenvalue weighted by atomic mass is 16.2. The zero-order chi connectivity index (χ0) is 21.8. The molecule has 0 aliphatic carbocycles. The molecule has 0 heterocycles. The van der Waals surface area contributed by atoms with Crippen molar-refractivity contribution in [3.8, 4) is 0 Å². The molecule has 4 nitrogen and oxygen atoms in total. The molecule has 4 heteroatoms. The molecule has 162 valence electrons. The monoisotopic (exact) mass is 408 g/mol. The van der Waals surface area contributed by atoms with Gasteiger partial charge in [0.1, 0.15) is 0 Å². The summed E-state index contributed by atoms with van der Waals surface area (Å²) in [5.74, 6) is 0.164. The van der Waals surface area contributed by atoms with Crippen molar-refractivity contribution in [3.05, 3.63) is 71.8 Å². The lowest BCUT2D eigenvalue weighted by atomic mass is 9.97. The summed E-state index contributed by atoms with van der Waals surface area (Å²) in [6.45, 7) is 7.19. The molecular formula is C26H36N2O2. The highest BCUT2D eigenvalue weighted by Crippen LogP contribution is 2.18. The van der Waals surface area contributed by atoms with Crippen molar-refractivity contribution in [2.24, 2.45) is 5.92 Å². The summed E-state index contributed by atoms with van der Waals surface area (Å²) in [5.41, 5.74) is 2.17. The van der Waals surface area contributed by atoms with Gasteiger partial charge in [0.05, 0.1) is 6.04 Å². The van der Waals surface area contributed by atoms with Crippen LogP contribution in [0.2, 0.25) is 0 Å². The van der Waals surface area contributed by atoms with Gasteiger partial charge in [0.2, 0.25) is 11.8 Å². The Balaban J connectivity index is 2.00. The van der Waals surface area contributed by atoms with Crippen LogP contribution in [0.3, 0.4) is 0 Å². The minimum atomic E-state index is -0.0510. The Morgan fingerprint density at radius 1 is 0.967 bits per heavy atom. The quantitative estimate of drug-likeness (QED) is 0.504. The predicted octanol–water partition coefficient (Wildman–Crippen LogP) is 5.50. The third kappa shape index (κ3) is 7.66. The van der Waals surface area contributed by atoms with Crippen molar-refractivity contribution in [2.75, 3.05) is 6.54 Å². The number of nitrogens with zero attached hydrogens (tertiary/aromatic N) is 1. The highest BCUT2D eigenvalue weighted by Gasteiger charge is 2.23. The molecule has 1 N–H and O–H groups in total. The summed E-state index contributed by atoms with van der Waals surface area (Å²) >= 11 is 0. The van der Waals surface area contributed by atoms with E-state index < -0.39 is 0 Å². The van der Waals surface area contributed by atoms with Crippen LogP contribution in [0.5, 0.6) is 0 Å². The van der Waals surface area contributed by atoms with Gasteiger partial charge in [-0.1, -0.05) is 87.4 Å². The molecule has 0 aromatic heterocycles. The lowest BCUT2D eigenvalue weighted by molar-refractivity contribution is -0.137. The van der Waals surface area contributed by atoms with Crippen molar-refractivity contribution in [2.45, 2.75) is 65.5 Å². The number of unbranched alkanes of at least 4 members (excludes halogenated alkanes) is 1. The van der Waals surface area contributed by atoms with Gasteiger partial charge in [0.25, 0.3) is 0 Å². The first-order chi connectivity index (χ1) is 14.5. The summed E-state index contributed by atoms with van der Waals surface area (Å²) in [6, 6.07) is 19.9. The predicted molar refractivity (Wildman–Crippen MR) is 123 cm³/mol. The van der Waals surface area contributed by atoms with E-state index in [0.29, 0.717) is 19.5 Å². The first-order valence-electron chi connectivity index (χ1n) is 11.2. The normalized spacial score (nSPS) is 12.8. The van der Waals surface area contributed by atoms with Gasteiger partial charge >= 0.3 is 0 Å². The van der Waals surface area contributed by atoms with E-state index in [2.05, 4.69) is 19.2 Å². The zero-order valence-corrected chi connectivity index (χ0v) is 18.6. The molecular weight excluding hydrogens is 372 g/mol. The number of nitrogens with one attached hydrogen (secondary N) is 1. The third-order valence-electron chi connectivity index (χ3n) is 5.56. The van der Waals surface area contributed by atoms with E-state index in [1.54, 1.807) is 0 Å². The molecule has 0 spiro atoms. The fraction of sp³-hybridized carbons (Fsp3) is 0.462. The molecule has 2 rings (SSSR count). The van der Waals surface area contributed by atoms with E-state index in [-0.39, 0.29) is 23.8 Å². The maximum Gasteiger partial charge on any atom is 0.225 e. The fourth-order valence-electron chi connectivity index (χ4n) is 3.66. The van der Waals surface area contributed by atoms with Crippen LogP contribution in [0.4, 0.5) is 0 Å². The molecule has 0 aliphatic rings. The second kappa shape index (κ2) is 12.8. The topological polar surface area (TPSA) is 49.4 Å². The van der Waals surface area contributed by atoms with E-state index in [0.717, 1.165) is 36.8 Å². The molecule has 2 unspecified atom stereocenters. The summed E-state index contributed by atoms with van der Waals surface area (Å²) in [6.07, 6.45) is 4.19. The molecule has 0 saturated heterocycles. The SMILES string of the molecule is CCCCC(CC)C(=O)N(CCC(=O)NC(C)c1ccccc1)Cc1ccccc1. The summed E-state index contributed by atoms with van der Waals surface area (Å²) < 4.78 is 0. The molecule has 30 heavy (non-hydrogen) atoms. The van der Waals surface area contributed by atoms with Gasteiger partial charge in [-0.15, -0.1) is 0 Å². The summed E-state index contributed by atoms with van der Waals surface area (Å²) in [7, 11) is 0. The standard InChI is InChI=1S/C26H36N2O2/c1-4-6-15-23(5-2)26(30)28(20-22-13-9-7-10-14-22)19-18-25(29)27-21(3)24-16-11-8-12-17-24/h7-14,16-17,21,23H,4-6,15,18-20H2,1-3H3,(H,27,29). The van der Waals surface area contributed by atoms with Crippen LogP contribution >= 0.6 is 0 Å². The van der Waals surface area contributed by atoms with Crippen LogP contribution in [0.25, 0.3) is 0 Å². The molecule has 0 radical (unpaired) electrons. The molecule has 0 aliphatic heterocycles. The lowest BCUT2D eigenvalue weighted by Crippen LogP contribution is -2.38. The minimum Gasteiger partial charge on any atom is -0.350 e. The number of benzene rings is 2. The van der Waals surface area contributed by atoms with Crippen LogP contribution in [-0.4, -0.2) is 23.3 Å². The van der Waals surface area contributed by atoms with Crippen molar-refractivity contribution in [1.82, 2.24) is 10.2 Å². The Hall–Kier alpha value is -2.62. The Kier molecular flexibility index (Phi) is 10.1.